The van der Waals surface area contributed by atoms with Crippen LogP contribution in [-0.4, -0.2) is 49.1 Å². The lowest BCUT2D eigenvalue weighted by molar-refractivity contribution is -0.129. The van der Waals surface area contributed by atoms with Gasteiger partial charge in [-0.1, -0.05) is 30.7 Å². The van der Waals surface area contributed by atoms with Gasteiger partial charge in [-0.25, -0.2) is 8.42 Å². The number of amides is 2. The van der Waals surface area contributed by atoms with Gasteiger partial charge in [-0.15, -0.1) is 0 Å². The highest BCUT2D eigenvalue weighted by atomic mass is 32.2. The number of carbonyl (C=O) groups excluding carboxylic acids is 2. The first kappa shape index (κ1) is 24.9. The van der Waals surface area contributed by atoms with Crippen molar-refractivity contribution in [3.05, 3.63) is 59.7 Å². The third-order valence-electron chi connectivity index (χ3n) is 5.93. The van der Waals surface area contributed by atoms with Gasteiger partial charge < -0.3 is 10.2 Å². The fourth-order valence-electron chi connectivity index (χ4n) is 3.98. The molecule has 1 fully saturated rings. The van der Waals surface area contributed by atoms with E-state index in [0.29, 0.717) is 43.2 Å². The second-order valence-corrected chi connectivity index (χ2v) is 10.3. The van der Waals surface area contributed by atoms with Gasteiger partial charge in [-0.3, -0.25) is 9.59 Å². The summed E-state index contributed by atoms with van der Waals surface area (Å²) < 4.78 is 27.1. The Bertz CT molecular complexity index is 1060. The summed E-state index contributed by atoms with van der Waals surface area (Å²) in [6.45, 7) is 5.77. The van der Waals surface area contributed by atoms with Crippen LogP contribution in [0.25, 0.3) is 0 Å². The molecular formula is C25H33N3O4S. The van der Waals surface area contributed by atoms with Crippen molar-refractivity contribution in [1.29, 1.82) is 0 Å². The number of nitrogens with one attached hydrogen (secondary N) is 1. The van der Waals surface area contributed by atoms with Crippen molar-refractivity contribution >= 4 is 27.5 Å². The molecule has 33 heavy (non-hydrogen) atoms. The number of hydrogen-bond donors (Lipinski definition) is 1. The van der Waals surface area contributed by atoms with Crippen LogP contribution < -0.4 is 5.32 Å². The van der Waals surface area contributed by atoms with E-state index in [2.05, 4.69) is 5.32 Å². The van der Waals surface area contributed by atoms with Crippen LogP contribution in [-0.2, 0) is 32.6 Å². The zero-order chi connectivity index (χ0) is 23.8. The van der Waals surface area contributed by atoms with Crippen LogP contribution in [0.4, 0.5) is 5.69 Å². The Morgan fingerprint density at radius 1 is 1.00 bits per heavy atom. The first-order valence-corrected chi connectivity index (χ1v) is 13.0. The van der Waals surface area contributed by atoms with Crippen LogP contribution in [0.3, 0.4) is 0 Å². The molecule has 178 valence electrons. The molecule has 1 aliphatic rings. The van der Waals surface area contributed by atoms with Gasteiger partial charge in [0.05, 0.1) is 4.90 Å². The molecule has 0 radical (unpaired) electrons. The lowest BCUT2D eigenvalue weighted by Gasteiger charge is -2.25. The van der Waals surface area contributed by atoms with E-state index >= 15 is 0 Å². The van der Waals surface area contributed by atoms with Crippen molar-refractivity contribution in [2.24, 2.45) is 0 Å². The lowest BCUT2D eigenvalue weighted by Crippen LogP contribution is -2.35. The van der Waals surface area contributed by atoms with Gasteiger partial charge in [0.25, 0.3) is 0 Å². The standard InChI is InChI=1S/C25H33N3O4S/c1-3-27(20(2)29)19-22-8-7-9-23(18-22)26-25(30)15-12-21-10-13-24(14-11-21)33(31,32)28-16-5-4-6-17-28/h7-11,13-14,18H,3-6,12,15-17,19H2,1-2H3,(H,26,30). The predicted octanol–water partition coefficient (Wildman–Crippen LogP) is 3.80. The van der Waals surface area contributed by atoms with Gasteiger partial charge in [0.2, 0.25) is 21.8 Å². The summed E-state index contributed by atoms with van der Waals surface area (Å²) >= 11 is 0. The molecule has 2 aromatic rings. The molecule has 0 atom stereocenters. The number of rotatable bonds is 9. The minimum absolute atomic E-state index is 0.0154. The van der Waals surface area contributed by atoms with Crippen LogP contribution in [0.5, 0.6) is 0 Å². The number of nitrogens with zero attached hydrogens (tertiary/aromatic N) is 2. The molecule has 1 N–H and O–H groups in total. The molecule has 0 aromatic heterocycles. The summed E-state index contributed by atoms with van der Waals surface area (Å²) in [5.41, 5.74) is 2.56. The largest absolute Gasteiger partial charge is 0.339 e. The van der Waals surface area contributed by atoms with Crippen LogP contribution in [0.2, 0.25) is 0 Å². The minimum atomic E-state index is -3.44. The molecule has 8 heteroatoms. The highest BCUT2D eigenvalue weighted by Crippen LogP contribution is 2.21. The second-order valence-electron chi connectivity index (χ2n) is 8.39. The first-order valence-electron chi connectivity index (χ1n) is 11.5. The highest BCUT2D eigenvalue weighted by molar-refractivity contribution is 7.89. The SMILES string of the molecule is CCN(Cc1cccc(NC(=O)CCc2ccc(S(=O)(=O)N3CCCCC3)cc2)c1)C(C)=O. The van der Waals surface area contributed by atoms with E-state index in [1.54, 1.807) is 40.4 Å². The number of hydrogen-bond acceptors (Lipinski definition) is 4. The molecular weight excluding hydrogens is 438 g/mol. The first-order chi connectivity index (χ1) is 15.8. The Balaban J connectivity index is 1.54. The number of piperidine rings is 1. The van der Waals surface area contributed by atoms with Crippen LogP contribution in [0, 0.1) is 0 Å². The Labute approximate surface area is 196 Å². The lowest BCUT2D eigenvalue weighted by atomic mass is 10.1. The number of aryl methyl sites for hydroxylation is 1. The second kappa shape index (κ2) is 11.4. The average molecular weight is 472 g/mol. The average Bonchev–Trinajstić information content (AvgIpc) is 2.82. The van der Waals surface area contributed by atoms with Crippen molar-refractivity contribution in [2.75, 3.05) is 25.0 Å². The monoisotopic (exact) mass is 471 g/mol. The van der Waals surface area contributed by atoms with Gasteiger partial charge >= 0.3 is 0 Å². The molecule has 0 bridgehead atoms. The van der Waals surface area contributed by atoms with Gasteiger partial charge in [0.15, 0.2) is 0 Å². The number of sulfonamides is 1. The van der Waals surface area contributed by atoms with Crippen LogP contribution in [0.15, 0.2) is 53.4 Å². The maximum atomic E-state index is 12.8. The normalized spacial score (nSPS) is 14.6. The van der Waals surface area contributed by atoms with E-state index in [1.165, 1.54) is 0 Å². The van der Waals surface area contributed by atoms with Crippen molar-refractivity contribution in [2.45, 2.75) is 57.4 Å². The maximum absolute atomic E-state index is 12.8. The van der Waals surface area contributed by atoms with E-state index in [0.717, 1.165) is 30.4 Å². The fraction of sp³-hybridized carbons (Fsp3) is 0.440. The van der Waals surface area contributed by atoms with E-state index in [1.807, 2.05) is 31.2 Å². The summed E-state index contributed by atoms with van der Waals surface area (Å²) in [5, 5.41) is 2.91. The molecule has 0 spiro atoms. The van der Waals surface area contributed by atoms with Gasteiger partial charge in [0.1, 0.15) is 0 Å². The van der Waals surface area contributed by atoms with E-state index in [4.69, 9.17) is 0 Å². The Morgan fingerprint density at radius 2 is 1.70 bits per heavy atom. The third-order valence-corrected chi connectivity index (χ3v) is 7.84. The maximum Gasteiger partial charge on any atom is 0.243 e. The topological polar surface area (TPSA) is 86.8 Å². The molecule has 7 nitrogen and oxygen atoms in total. The van der Waals surface area contributed by atoms with E-state index in [9.17, 15) is 18.0 Å². The van der Waals surface area contributed by atoms with E-state index < -0.39 is 10.0 Å². The molecule has 2 amide bonds. The number of benzene rings is 2. The Hall–Kier alpha value is -2.71. The van der Waals surface area contributed by atoms with Gasteiger partial charge in [-0.05, 0) is 61.6 Å². The van der Waals surface area contributed by atoms with Crippen molar-refractivity contribution < 1.29 is 18.0 Å². The molecule has 1 saturated heterocycles. The van der Waals surface area contributed by atoms with Crippen molar-refractivity contribution in [3.8, 4) is 0 Å². The molecule has 3 rings (SSSR count). The zero-order valence-corrected chi connectivity index (χ0v) is 20.2. The Kier molecular flexibility index (Phi) is 8.63. The summed E-state index contributed by atoms with van der Waals surface area (Å²) in [4.78, 5) is 26.1. The smallest absolute Gasteiger partial charge is 0.243 e. The molecule has 2 aromatic carbocycles. The summed E-state index contributed by atoms with van der Waals surface area (Å²) in [6, 6.07) is 14.3. The molecule has 1 aliphatic heterocycles. The van der Waals surface area contributed by atoms with Gasteiger partial charge in [0, 0.05) is 45.2 Å². The van der Waals surface area contributed by atoms with Gasteiger partial charge in [-0.2, -0.15) is 4.31 Å². The number of anilines is 1. The van der Waals surface area contributed by atoms with E-state index in [-0.39, 0.29) is 18.2 Å². The summed E-state index contributed by atoms with van der Waals surface area (Å²) in [6.07, 6.45) is 3.69. The van der Waals surface area contributed by atoms with Crippen molar-refractivity contribution in [3.63, 3.8) is 0 Å². The van der Waals surface area contributed by atoms with Crippen molar-refractivity contribution in [1.82, 2.24) is 9.21 Å². The molecule has 0 unspecified atom stereocenters. The van der Waals surface area contributed by atoms with Crippen LogP contribution in [0.1, 0.15) is 50.7 Å². The quantitative estimate of drug-likeness (QED) is 0.603. The number of carbonyl (C=O) groups is 2. The predicted molar refractivity (Wildman–Crippen MR) is 129 cm³/mol. The highest BCUT2D eigenvalue weighted by Gasteiger charge is 2.25. The Morgan fingerprint density at radius 3 is 2.33 bits per heavy atom. The van der Waals surface area contributed by atoms with Crippen LogP contribution >= 0.6 is 0 Å². The molecule has 0 saturated carbocycles. The zero-order valence-electron chi connectivity index (χ0n) is 19.4. The molecule has 0 aliphatic carbocycles. The third kappa shape index (κ3) is 6.88. The fourth-order valence-corrected chi connectivity index (χ4v) is 5.49. The summed E-state index contributed by atoms with van der Waals surface area (Å²) in [7, 11) is -3.44. The molecule has 1 heterocycles. The minimum Gasteiger partial charge on any atom is -0.339 e. The summed E-state index contributed by atoms with van der Waals surface area (Å²) in [5.74, 6) is -0.0993.